The van der Waals surface area contributed by atoms with Gasteiger partial charge in [0.1, 0.15) is 0 Å². The molecule has 0 radical (unpaired) electrons. The molecule has 0 unspecified atom stereocenters. The second-order valence-corrected chi connectivity index (χ2v) is 3.51. The Morgan fingerprint density at radius 1 is 1.57 bits per heavy atom. The lowest BCUT2D eigenvalue weighted by Crippen LogP contribution is -2.27. The van der Waals surface area contributed by atoms with E-state index >= 15 is 0 Å². The second kappa shape index (κ2) is 5.78. The van der Waals surface area contributed by atoms with E-state index in [2.05, 4.69) is 33.7 Å². The summed E-state index contributed by atoms with van der Waals surface area (Å²) in [5.74, 6) is 0. The van der Waals surface area contributed by atoms with Gasteiger partial charge < -0.3 is 9.88 Å². The molecule has 0 fully saturated rings. The molecule has 0 saturated heterocycles. The zero-order chi connectivity index (χ0) is 10.4. The van der Waals surface area contributed by atoms with Crippen LogP contribution in [0.4, 0.5) is 0 Å². The first-order valence-corrected chi connectivity index (χ1v) is 5.10. The summed E-state index contributed by atoms with van der Waals surface area (Å²) < 4.78 is 2.18. The Balaban J connectivity index is 2.42. The number of nitrogens with zero attached hydrogens (tertiary/aromatic N) is 3. The SMILES string of the molecule is CCn1cncc1CN(C)CCNC. The van der Waals surface area contributed by atoms with Crippen LogP contribution in [0.5, 0.6) is 0 Å². The number of rotatable bonds is 6. The molecule has 1 N–H and O–H groups in total. The van der Waals surface area contributed by atoms with Crippen molar-refractivity contribution in [1.29, 1.82) is 0 Å². The van der Waals surface area contributed by atoms with Crippen LogP contribution in [-0.4, -0.2) is 41.6 Å². The van der Waals surface area contributed by atoms with E-state index < -0.39 is 0 Å². The maximum atomic E-state index is 4.15. The van der Waals surface area contributed by atoms with Crippen molar-refractivity contribution in [1.82, 2.24) is 19.8 Å². The summed E-state index contributed by atoms with van der Waals surface area (Å²) in [5, 5.41) is 3.14. The first-order valence-electron chi connectivity index (χ1n) is 5.10. The van der Waals surface area contributed by atoms with Crippen molar-refractivity contribution in [2.45, 2.75) is 20.0 Å². The molecule has 0 aliphatic rings. The van der Waals surface area contributed by atoms with Crippen molar-refractivity contribution in [3.8, 4) is 0 Å². The molecule has 14 heavy (non-hydrogen) atoms. The summed E-state index contributed by atoms with van der Waals surface area (Å²) in [6.45, 7) is 6.19. The summed E-state index contributed by atoms with van der Waals surface area (Å²) in [4.78, 5) is 6.44. The van der Waals surface area contributed by atoms with Crippen LogP contribution in [0.3, 0.4) is 0 Å². The second-order valence-electron chi connectivity index (χ2n) is 3.51. The van der Waals surface area contributed by atoms with Crippen molar-refractivity contribution >= 4 is 0 Å². The van der Waals surface area contributed by atoms with Gasteiger partial charge in [0.25, 0.3) is 0 Å². The van der Waals surface area contributed by atoms with Crippen molar-refractivity contribution in [2.75, 3.05) is 27.2 Å². The van der Waals surface area contributed by atoms with E-state index in [0.29, 0.717) is 0 Å². The number of likely N-dealkylation sites (N-methyl/N-ethyl adjacent to an activating group) is 2. The highest BCUT2D eigenvalue weighted by atomic mass is 15.1. The van der Waals surface area contributed by atoms with Gasteiger partial charge in [-0.2, -0.15) is 0 Å². The Bertz CT molecular complexity index is 256. The summed E-state index contributed by atoms with van der Waals surface area (Å²) in [6, 6.07) is 0. The third-order valence-electron chi connectivity index (χ3n) is 2.31. The van der Waals surface area contributed by atoms with Gasteiger partial charge in [0, 0.05) is 32.4 Å². The smallest absolute Gasteiger partial charge is 0.0948 e. The average molecular weight is 196 g/mol. The van der Waals surface area contributed by atoms with E-state index in [1.54, 1.807) is 0 Å². The lowest BCUT2D eigenvalue weighted by Gasteiger charge is -2.16. The Morgan fingerprint density at radius 3 is 3.00 bits per heavy atom. The van der Waals surface area contributed by atoms with E-state index in [0.717, 1.165) is 26.2 Å². The molecule has 1 rings (SSSR count). The van der Waals surface area contributed by atoms with Crippen molar-refractivity contribution in [3.05, 3.63) is 18.2 Å². The Morgan fingerprint density at radius 2 is 2.36 bits per heavy atom. The number of imidazole rings is 1. The van der Waals surface area contributed by atoms with Crippen LogP contribution in [0, 0.1) is 0 Å². The van der Waals surface area contributed by atoms with Crippen LogP contribution in [-0.2, 0) is 13.1 Å². The van der Waals surface area contributed by atoms with Gasteiger partial charge in [0.15, 0.2) is 0 Å². The highest BCUT2D eigenvalue weighted by Crippen LogP contribution is 2.02. The van der Waals surface area contributed by atoms with E-state index in [9.17, 15) is 0 Å². The number of nitrogens with one attached hydrogen (secondary N) is 1. The zero-order valence-electron chi connectivity index (χ0n) is 9.32. The van der Waals surface area contributed by atoms with Crippen molar-refractivity contribution in [3.63, 3.8) is 0 Å². The van der Waals surface area contributed by atoms with Crippen LogP contribution in [0.25, 0.3) is 0 Å². The van der Waals surface area contributed by atoms with Gasteiger partial charge in [0.05, 0.1) is 12.0 Å². The minimum atomic E-state index is 0.968. The Kier molecular flexibility index (Phi) is 4.62. The lowest BCUT2D eigenvalue weighted by molar-refractivity contribution is 0.319. The van der Waals surface area contributed by atoms with Gasteiger partial charge in [-0.1, -0.05) is 0 Å². The molecule has 4 nitrogen and oxygen atoms in total. The van der Waals surface area contributed by atoms with Crippen molar-refractivity contribution < 1.29 is 0 Å². The molecule has 80 valence electrons. The molecule has 0 atom stereocenters. The fourth-order valence-corrected chi connectivity index (χ4v) is 1.42. The maximum Gasteiger partial charge on any atom is 0.0948 e. The topological polar surface area (TPSA) is 33.1 Å². The van der Waals surface area contributed by atoms with Crippen molar-refractivity contribution in [2.24, 2.45) is 0 Å². The highest BCUT2D eigenvalue weighted by Gasteiger charge is 2.03. The predicted octanol–water partition coefficient (Wildman–Crippen LogP) is 0.554. The van der Waals surface area contributed by atoms with Gasteiger partial charge in [-0.15, -0.1) is 0 Å². The fourth-order valence-electron chi connectivity index (χ4n) is 1.42. The fraction of sp³-hybridized carbons (Fsp3) is 0.700. The molecule has 0 amide bonds. The monoisotopic (exact) mass is 196 g/mol. The molecule has 0 bridgehead atoms. The van der Waals surface area contributed by atoms with Crippen LogP contribution >= 0.6 is 0 Å². The first kappa shape index (κ1) is 11.2. The van der Waals surface area contributed by atoms with Crippen LogP contribution in [0.15, 0.2) is 12.5 Å². The lowest BCUT2D eigenvalue weighted by atomic mass is 10.4. The highest BCUT2D eigenvalue weighted by molar-refractivity contribution is 4.97. The average Bonchev–Trinajstić information content (AvgIpc) is 2.62. The van der Waals surface area contributed by atoms with Gasteiger partial charge in [0.2, 0.25) is 0 Å². The van der Waals surface area contributed by atoms with Gasteiger partial charge in [-0.25, -0.2) is 4.98 Å². The zero-order valence-corrected chi connectivity index (χ0v) is 9.32. The summed E-state index contributed by atoms with van der Waals surface area (Å²) >= 11 is 0. The number of aromatic nitrogens is 2. The van der Waals surface area contributed by atoms with E-state index in [1.165, 1.54) is 5.69 Å². The van der Waals surface area contributed by atoms with Gasteiger partial charge in [-0.3, -0.25) is 4.90 Å². The number of hydrogen-bond donors (Lipinski definition) is 1. The molecule has 0 saturated carbocycles. The summed E-state index contributed by atoms with van der Waals surface area (Å²) in [7, 11) is 4.11. The van der Waals surface area contributed by atoms with E-state index in [-0.39, 0.29) is 0 Å². The largest absolute Gasteiger partial charge is 0.334 e. The molecular weight excluding hydrogens is 176 g/mol. The van der Waals surface area contributed by atoms with Crippen LogP contribution < -0.4 is 5.32 Å². The molecule has 1 aromatic heterocycles. The number of aryl methyl sites for hydroxylation is 1. The first-order chi connectivity index (χ1) is 6.77. The van der Waals surface area contributed by atoms with Gasteiger partial charge >= 0.3 is 0 Å². The number of hydrogen-bond acceptors (Lipinski definition) is 3. The minimum Gasteiger partial charge on any atom is -0.334 e. The molecule has 1 aromatic rings. The van der Waals surface area contributed by atoms with Crippen LogP contribution in [0.1, 0.15) is 12.6 Å². The Labute approximate surface area is 85.9 Å². The molecule has 0 aromatic carbocycles. The third-order valence-corrected chi connectivity index (χ3v) is 2.31. The van der Waals surface area contributed by atoms with E-state index in [1.807, 2.05) is 19.6 Å². The summed E-state index contributed by atoms with van der Waals surface area (Å²) in [6.07, 6.45) is 3.83. The normalized spacial score (nSPS) is 11.1. The maximum absolute atomic E-state index is 4.15. The molecular formula is C10H20N4. The van der Waals surface area contributed by atoms with E-state index in [4.69, 9.17) is 0 Å². The summed E-state index contributed by atoms with van der Waals surface area (Å²) in [5.41, 5.74) is 1.28. The van der Waals surface area contributed by atoms with Crippen LogP contribution in [0.2, 0.25) is 0 Å². The Hall–Kier alpha value is -0.870. The minimum absolute atomic E-state index is 0.968. The molecule has 0 spiro atoms. The molecule has 1 heterocycles. The molecule has 4 heteroatoms. The van der Waals surface area contributed by atoms with Gasteiger partial charge in [-0.05, 0) is 21.0 Å². The molecule has 0 aliphatic heterocycles. The quantitative estimate of drug-likeness (QED) is 0.721. The standard InChI is InChI=1S/C10H20N4/c1-4-14-9-12-7-10(14)8-13(3)6-5-11-2/h7,9,11H,4-6,8H2,1-3H3. The predicted molar refractivity (Wildman–Crippen MR) is 58.2 cm³/mol. The third kappa shape index (κ3) is 3.12. The molecule has 0 aliphatic carbocycles.